The number of aryl methyl sites for hydroxylation is 1. The fourth-order valence-electron chi connectivity index (χ4n) is 1.78. The van der Waals surface area contributed by atoms with Gasteiger partial charge in [0.2, 0.25) is 0 Å². The molecule has 1 fully saturated rings. The Balaban J connectivity index is 2.22. The number of hydrogen-bond acceptors (Lipinski definition) is 3. The van der Waals surface area contributed by atoms with Crippen molar-refractivity contribution in [2.45, 2.75) is 13.0 Å². The van der Waals surface area contributed by atoms with E-state index in [1.165, 1.54) is 5.56 Å². The van der Waals surface area contributed by atoms with Crippen LogP contribution in [-0.4, -0.2) is 24.6 Å². The molecule has 1 aromatic heterocycles. The molecular weight excluding hydrogens is 198 g/mol. The fraction of sp³-hybridized carbons (Fsp3) is 0.500. The van der Waals surface area contributed by atoms with Gasteiger partial charge in [0.05, 0.1) is 0 Å². The number of piperazine rings is 1. The lowest BCUT2D eigenvalue weighted by Gasteiger charge is -2.25. The Hall–Kier alpha value is -0.640. The maximum atomic E-state index is 5.81. The largest absolute Gasteiger partial charge is 0.314 e. The molecule has 0 bridgehead atoms. The van der Waals surface area contributed by atoms with Crippen LogP contribution in [0.15, 0.2) is 12.1 Å². The summed E-state index contributed by atoms with van der Waals surface area (Å²) in [6.45, 7) is 5.00. The van der Waals surface area contributed by atoms with Gasteiger partial charge in [-0.25, -0.2) is 4.98 Å². The minimum atomic E-state index is 0.369. The molecule has 1 aliphatic rings. The third-order valence-electron chi connectivity index (χ3n) is 2.51. The van der Waals surface area contributed by atoms with Crippen molar-refractivity contribution >= 4 is 11.6 Å². The monoisotopic (exact) mass is 211 g/mol. The van der Waals surface area contributed by atoms with Crippen molar-refractivity contribution in [3.63, 3.8) is 0 Å². The second-order valence-corrected chi connectivity index (χ2v) is 3.91. The lowest BCUT2D eigenvalue weighted by atomic mass is 10.0. The highest BCUT2D eigenvalue weighted by molar-refractivity contribution is 6.29. The molecule has 1 atom stereocenters. The lowest BCUT2D eigenvalue weighted by molar-refractivity contribution is 0.428. The Bertz CT molecular complexity index is 321. The molecule has 3 nitrogen and oxygen atoms in total. The van der Waals surface area contributed by atoms with Crippen molar-refractivity contribution in [2.75, 3.05) is 19.6 Å². The third kappa shape index (κ3) is 2.05. The Labute approximate surface area is 88.9 Å². The molecule has 2 heterocycles. The van der Waals surface area contributed by atoms with Crippen LogP contribution in [0, 0.1) is 6.92 Å². The zero-order valence-electron chi connectivity index (χ0n) is 8.18. The highest BCUT2D eigenvalue weighted by Gasteiger charge is 2.16. The van der Waals surface area contributed by atoms with E-state index in [9.17, 15) is 0 Å². The molecule has 0 radical (unpaired) electrons. The molecule has 1 unspecified atom stereocenters. The summed E-state index contributed by atoms with van der Waals surface area (Å²) in [4.78, 5) is 4.25. The molecule has 0 saturated carbocycles. The number of nitrogens with zero attached hydrogens (tertiary/aromatic N) is 1. The number of rotatable bonds is 1. The van der Waals surface area contributed by atoms with E-state index in [1.54, 1.807) is 0 Å². The third-order valence-corrected chi connectivity index (χ3v) is 2.72. The van der Waals surface area contributed by atoms with Gasteiger partial charge in [0.25, 0.3) is 0 Å². The van der Waals surface area contributed by atoms with Crippen molar-refractivity contribution in [3.8, 4) is 0 Å². The Morgan fingerprint density at radius 1 is 1.43 bits per heavy atom. The highest BCUT2D eigenvalue weighted by atomic mass is 35.5. The normalized spacial score (nSPS) is 22.3. The molecule has 1 aliphatic heterocycles. The molecule has 0 spiro atoms. The first-order chi connectivity index (χ1) is 6.77. The summed E-state index contributed by atoms with van der Waals surface area (Å²) in [5.74, 6) is 0. The SMILES string of the molecule is Cc1nc(Cl)ccc1C1CNCCN1. The summed E-state index contributed by atoms with van der Waals surface area (Å²) in [7, 11) is 0. The first kappa shape index (κ1) is 9.90. The zero-order chi connectivity index (χ0) is 9.97. The number of hydrogen-bond donors (Lipinski definition) is 2. The van der Waals surface area contributed by atoms with Gasteiger partial charge >= 0.3 is 0 Å². The molecule has 4 heteroatoms. The minimum absolute atomic E-state index is 0.369. The van der Waals surface area contributed by atoms with E-state index in [2.05, 4.69) is 21.7 Å². The summed E-state index contributed by atoms with van der Waals surface area (Å²) in [6.07, 6.45) is 0. The van der Waals surface area contributed by atoms with Gasteiger partial charge in [0.1, 0.15) is 5.15 Å². The molecule has 1 aromatic rings. The smallest absolute Gasteiger partial charge is 0.129 e. The van der Waals surface area contributed by atoms with Crippen LogP contribution in [0.2, 0.25) is 5.15 Å². The van der Waals surface area contributed by atoms with Gasteiger partial charge in [-0.3, -0.25) is 0 Å². The molecule has 76 valence electrons. The van der Waals surface area contributed by atoms with E-state index in [-0.39, 0.29) is 0 Å². The van der Waals surface area contributed by atoms with E-state index < -0.39 is 0 Å². The van der Waals surface area contributed by atoms with Crippen LogP contribution >= 0.6 is 11.6 Å². The van der Waals surface area contributed by atoms with Gasteiger partial charge < -0.3 is 10.6 Å². The summed E-state index contributed by atoms with van der Waals surface area (Å²) in [6, 6.07) is 4.27. The molecule has 14 heavy (non-hydrogen) atoms. The van der Waals surface area contributed by atoms with E-state index in [1.807, 2.05) is 13.0 Å². The standard InChI is InChI=1S/C10H14ClN3/c1-7-8(2-3-10(11)14-7)9-6-12-4-5-13-9/h2-3,9,12-13H,4-6H2,1H3. The van der Waals surface area contributed by atoms with Crippen molar-refractivity contribution in [1.29, 1.82) is 0 Å². The summed E-state index contributed by atoms with van der Waals surface area (Å²) >= 11 is 5.81. The summed E-state index contributed by atoms with van der Waals surface area (Å²) < 4.78 is 0. The molecule has 1 saturated heterocycles. The van der Waals surface area contributed by atoms with Gasteiger partial charge in [0, 0.05) is 31.4 Å². The zero-order valence-corrected chi connectivity index (χ0v) is 8.93. The van der Waals surface area contributed by atoms with E-state index in [0.29, 0.717) is 11.2 Å². The van der Waals surface area contributed by atoms with Crippen molar-refractivity contribution in [2.24, 2.45) is 0 Å². The lowest BCUT2D eigenvalue weighted by Crippen LogP contribution is -2.42. The van der Waals surface area contributed by atoms with Crippen molar-refractivity contribution in [1.82, 2.24) is 15.6 Å². The van der Waals surface area contributed by atoms with Crippen LogP contribution in [0.3, 0.4) is 0 Å². The van der Waals surface area contributed by atoms with Crippen LogP contribution in [-0.2, 0) is 0 Å². The van der Waals surface area contributed by atoms with Crippen molar-refractivity contribution in [3.05, 3.63) is 28.5 Å². The highest BCUT2D eigenvalue weighted by Crippen LogP contribution is 2.18. The first-order valence-electron chi connectivity index (χ1n) is 4.84. The molecule has 0 aliphatic carbocycles. The quantitative estimate of drug-likeness (QED) is 0.688. The second kappa shape index (κ2) is 4.26. The maximum absolute atomic E-state index is 5.81. The van der Waals surface area contributed by atoms with Crippen molar-refractivity contribution < 1.29 is 0 Å². The molecule has 0 amide bonds. The first-order valence-corrected chi connectivity index (χ1v) is 5.22. The minimum Gasteiger partial charge on any atom is -0.314 e. The Morgan fingerprint density at radius 3 is 2.93 bits per heavy atom. The molecule has 0 aromatic carbocycles. The van der Waals surface area contributed by atoms with Crippen LogP contribution in [0.4, 0.5) is 0 Å². The van der Waals surface area contributed by atoms with E-state index >= 15 is 0 Å². The van der Waals surface area contributed by atoms with Gasteiger partial charge in [-0.15, -0.1) is 0 Å². The molecular formula is C10H14ClN3. The summed E-state index contributed by atoms with van der Waals surface area (Å²) in [5, 5.41) is 7.37. The molecule has 2 N–H and O–H groups in total. The van der Waals surface area contributed by atoms with Gasteiger partial charge in [-0.05, 0) is 18.6 Å². The van der Waals surface area contributed by atoms with E-state index in [0.717, 1.165) is 25.3 Å². The van der Waals surface area contributed by atoms with Gasteiger partial charge in [0.15, 0.2) is 0 Å². The Kier molecular flexibility index (Phi) is 3.01. The van der Waals surface area contributed by atoms with Gasteiger partial charge in [-0.1, -0.05) is 17.7 Å². The Morgan fingerprint density at radius 2 is 2.29 bits per heavy atom. The second-order valence-electron chi connectivity index (χ2n) is 3.52. The predicted octanol–water partition coefficient (Wildman–Crippen LogP) is 1.28. The van der Waals surface area contributed by atoms with E-state index in [4.69, 9.17) is 11.6 Å². The predicted molar refractivity (Wildman–Crippen MR) is 57.6 cm³/mol. The number of pyridine rings is 1. The average molecular weight is 212 g/mol. The van der Waals surface area contributed by atoms with Crippen LogP contribution in [0.5, 0.6) is 0 Å². The van der Waals surface area contributed by atoms with Gasteiger partial charge in [-0.2, -0.15) is 0 Å². The number of aromatic nitrogens is 1. The van der Waals surface area contributed by atoms with Crippen LogP contribution in [0.25, 0.3) is 0 Å². The van der Waals surface area contributed by atoms with Crippen LogP contribution in [0.1, 0.15) is 17.3 Å². The fourth-order valence-corrected chi connectivity index (χ4v) is 1.97. The maximum Gasteiger partial charge on any atom is 0.129 e. The number of halogens is 1. The molecule has 2 rings (SSSR count). The number of nitrogens with one attached hydrogen (secondary N) is 2. The topological polar surface area (TPSA) is 37.0 Å². The summed E-state index contributed by atoms with van der Waals surface area (Å²) in [5.41, 5.74) is 2.25. The average Bonchev–Trinajstić information content (AvgIpc) is 2.19. The van der Waals surface area contributed by atoms with Crippen LogP contribution < -0.4 is 10.6 Å².